The normalized spacial score (nSPS) is 13.7. The summed E-state index contributed by atoms with van der Waals surface area (Å²) in [7, 11) is 1.20. The number of imidazole rings is 1. The lowest BCUT2D eigenvalue weighted by Crippen LogP contribution is -2.15. The standard InChI is InChI=1S/C26H23F5N4O2/c1-14-11-16(5-6-17(14)15-3-4-15)19-13-33-25-18(32-10-9-26(29,30)31)12-22(34-35(19)25)37-21-8-7-20(36-2)23(27)24(21)28/h5-8,11-13,15,32H,3-4,9-10H2,1-2H3. The largest absolute Gasteiger partial charge is 0.494 e. The number of nitrogens with one attached hydrogen (secondary N) is 1. The first kappa shape index (κ1) is 24.8. The molecule has 0 saturated heterocycles. The van der Waals surface area contributed by atoms with Crippen LogP contribution in [0.5, 0.6) is 17.4 Å². The molecule has 0 radical (unpaired) electrons. The zero-order valence-electron chi connectivity index (χ0n) is 20.0. The van der Waals surface area contributed by atoms with Gasteiger partial charge in [-0.2, -0.15) is 22.0 Å². The number of benzene rings is 2. The highest BCUT2D eigenvalue weighted by molar-refractivity contribution is 5.74. The molecule has 11 heteroatoms. The van der Waals surface area contributed by atoms with Gasteiger partial charge in [-0.05, 0) is 55.0 Å². The van der Waals surface area contributed by atoms with Gasteiger partial charge < -0.3 is 14.8 Å². The van der Waals surface area contributed by atoms with Crippen molar-refractivity contribution in [2.24, 2.45) is 0 Å². The number of alkyl halides is 3. The van der Waals surface area contributed by atoms with Crippen LogP contribution in [0.1, 0.15) is 36.3 Å². The number of aromatic nitrogens is 3. The van der Waals surface area contributed by atoms with E-state index in [0.717, 1.165) is 24.0 Å². The third kappa shape index (κ3) is 5.16. The summed E-state index contributed by atoms with van der Waals surface area (Å²) in [5.41, 5.74) is 4.20. The van der Waals surface area contributed by atoms with Crippen LogP contribution in [0.4, 0.5) is 27.6 Å². The minimum Gasteiger partial charge on any atom is -0.494 e. The molecule has 1 aliphatic rings. The van der Waals surface area contributed by atoms with Gasteiger partial charge in [0.2, 0.25) is 17.5 Å². The van der Waals surface area contributed by atoms with Crippen LogP contribution in [0.2, 0.25) is 0 Å². The fraction of sp³-hybridized carbons (Fsp3) is 0.308. The second-order valence-electron chi connectivity index (χ2n) is 8.91. The van der Waals surface area contributed by atoms with Gasteiger partial charge in [0.15, 0.2) is 17.1 Å². The Morgan fingerprint density at radius 1 is 1.05 bits per heavy atom. The number of hydrogen-bond acceptors (Lipinski definition) is 5. The van der Waals surface area contributed by atoms with Crippen LogP contribution in [-0.4, -0.2) is 34.4 Å². The third-order valence-electron chi connectivity index (χ3n) is 6.20. The highest BCUT2D eigenvalue weighted by Crippen LogP contribution is 2.42. The molecule has 6 nitrogen and oxygen atoms in total. The summed E-state index contributed by atoms with van der Waals surface area (Å²) in [6, 6.07) is 9.66. The second kappa shape index (κ2) is 9.53. The number of rotatable bonds is 8. The van der Waals surface area contributed by atoms with Gasteiger partial charge in [0.25, 0.3) is 0 Å². The van der Waals surface area contributed by atoms with E-state index >= 15 is 0 Å². The molecule has 37 heavy (non-hydrogen) atoms. The van der Waals surface area contributed by atoms with Gasteiger partial charge in [0.05, 0.1) is 31.1 Å². The summed E-state index contributed by atoms with van der Waals surface area (Å²) in [5, 5.41) is 7.10. The fourth-order valence-corrected chi connectivity index (χ4v) is 4.21. The molecule has 0 atom stereocenters. The average molecular weight is 518 g/mol. The Morgan fingerprint density at radius 2 is 1.78 bits per heavy atom. The van der Waals surface area contributed by atoms with Crippen LogP contribution in [-0.2, 0) is 0 Å². The van der Waals surface area contributed by atoms with E-state index in [-0.39, 0.29) is 23.0 Å². The summed E-state index contributed by atoms with van der Waals surface area (Å²) in [5.74, 6) is -2.89. The number of nitrogens with zero attached hydrogens (tertiary/aromatic N) is 3. The lowest BCUT2D eigenvalue weighted by atomic mass is 10.0. The van der Waals surface area contributed by atoms with E-state index in [9.17, 15) is 22.0 Å². The smallest absolute Gasteiger partial charge is 0.390 e. The summed E-state index contributed by atoms with van der Waals surface area (Å²) in [6.45, 7) is 1.60. The van der Waals surface area contributed by atoms with Crippen molar-refractivity contribution in [3.8, 4) is 28.6 Å². The van der Waals surface area contributed by atoms with Crippen LogP contribution < -0.4 is 14.8 Å². The van der Waals surface area contributed by atoms with Crippen LogP contribution in [0.25, 0.3) is 16.9 Å². The van der Waals surface area contributed by atoms with Gasteiger partial charge in [-0.25, -0.2) is 9.50 Å². The molecule has 2 aromatic heterocycles. The summed E-state index contributed by atoms with van der Waals surface area (Å²) >= 11 is 0. The molecule has 0 unspecified atom stereocenters. The van der Waals surface area contributed by atoms with Crippen molar-refractivity contribution in [2.75, 3.05) is 19.0 Å². The minimum atomic E-state index is -4.36. The third-order valence-corrected chi connectivity index (χ3v) is 6.20. The highest BCUT2D eigenvalue weighted by Gasteiger charge is 2.27. The van der Waals surface area contributed by atoms with E-state index < -0.39 is 36.5 Å². The Labute approximate surface area is 209 Å². The van der Waals surface area contributed by atoms with Crippen LogP contribution in [0.3, 0.4) is 0 Å². The SMILES string of the molecule is COc1ccc(Oc2cc(NCCC(F)(F)F)c3ncc(-c4ccc(C5CC5)c(C)c4)n3n2)c(F)c1F. The number of methoxy groups -OCH3 is 1. The Balaban J connectivity index is 1.56. The molecule has 1 fully saturated rings. The molecule has 4 aromatic rings. The van der Waals surface area contributed by atoms with E-state index in [2.05, 4.69) is 21.5 Å². The molecule has 1 aliphatic carbocycles. The van der Waals surface area contributed by atoms with Gasteiger partial charge in [-0.3, -0.25) is 0 Å². The summed E-state index contributed by atoms with van der Waals surface area (Å²) in [4.78, 5) is 4.36. The van der Waals surface area contributed by atoms with Gasteiger partial charge in [0.1, 0.15) is 0 Å². The van der Waals surface area contributed by atoms with Crippen LogP contribution >= 0.6 is 0 Å². The molecule has 0 spiro atoms. The number of aryl methyl sites for hydroxylation is 1. The Kier molecular flexibility index (Phi) is 6.38. The van der Waals surface area contributed by atoms with Crippen LogP contribution in [0.15, 0.2) is 42.6 Å². The van der Waals surface area contributed by atoms with Crippen molar-refractivity contribution in [3.63, 3.8) is 0 Å². The molecule has 2 heterocycles. The number of hydrogen-bond donors (Lipinski definition) is 1. The molecule has 2 aromatic carbocycles. The maximum absolute atomic E-state index is 14.6. The van der Waals surface area contributed by atoms with E-state index in [4.69, 9.17) is 9.47 Å². The first-order valence-electron chi connectivity index (χ1n) is 11.6. The minimum absolute atomic E-state index is 0.170. The monoisotopic (exact) mass is 518 g/mol. The van der Waals surface area contributed by atoms with Gasteiger partial charge in [-0.1, -0.05) is 12.1 Å². The van der Waals surface area contributed by atoms with Gasteiger partial charge >= 0.3 is 6.18 Å². The number of anilines is 1. The van der Waals surface area contributed by atoms with E-state index in [1.165, 1.54) is 35.4 Å². The van der Waals surface area contributed by atoms with E-state index in [0.29, 0.717) is 11.6 Å². The van der Waals surface area contributed by atoms with Crippen molar-refractivity contribution >= 4 is 11.3 Å². The van der Waals surface area contributed by atoms with Crippen molar-refractivity contribution in [1.82, 2.24) is 14.6 Å². The van der Waals surface area contributed by atoms with Crippen molar-refractivity contribution in [2.45, 2.75) is 38.3 Å². The molecule has 0 bridgehead atoms. The topological polar surface area (TPSA) is 60.7 Å². The van der Waals surface area contributed by atoms with E-state index in [1.54, 1.807) is 6.20 Å². The lowest BCUT2D eigenvalue weighted by Gasteiger charge is -2.14. The Hall–Kier alpha value is -3.89. The van der Waals surface area contributed by atoms with Crippen LogP contribution in [0, 0.1) is 18.6 Å². The maximum Gasteiger partial charge on any atom is 0.390 e. The zero-order chi connectivity index (χ0) is 26.3. The first-order valence-corrected chi connectivity index (χ1v) is 11.6. The fourth-order valence-electron chi connectivity index (χ4n) is 4.21. The number of ether oxygens (including phenoxy) is 2. The molecular formula is C26H23F5N4O2. The summed E-state index contributed by atoms with van der Waals surface area (Å²) in [6.07, 6.45) is -1.56. The molecular weight excluding hydrogens is 495 g/mol. The number of halogens is 5. The molecule has 0 amide bonds. The van der Waals surface area contributed by atoms with Crippen molar-refractivity contribution in [1.29, 1.82) is 0 Å². The maximum atomic E-state index is 14.6. The molecule has 5 rings (SSSR count). The highest BCUT2D eigenvalue weighted by atomic mass is 19.4. The van der Waals surface area contributed by atoms with Gasteiger partial charge in [-0.15, -0.1) is 5.10 Å². The van der Waals surface area contributed by atoms with Crippen molar-refractivity contribution in [3.05, 3.63) is 65.4 Å². The van der Waals surface area contributed by atoms with Crippen molar-refractivity contribution < 1.29 is 31.4 Å². The van der Waals surface area contributed by atoms with Gasteiger partial charge in [0, 0.05) is 18.2 Å². The second-order valence-corrected chi connectivity index (χ2v) is 8.91. The average Bonchev–Trinajstić information content (AvgIpc) is 3.59. The summed E-state index contributed by atoms with van der Waals surface area (Å²) < 4.78 is 78.7. The first-order chi connectivity index (χ1) is 17.6. The molecule has 1 N–H and O–H groups in total. The molecule has 0 aliphatic heterocycles. The zero-order valence-corrected chi connectivity index (χ0v) is 20.0. The lowest BCUT2D eigenvalue weighted by molar-refractivity contribution is -0.131. The Bertz CT molecular complexity index is 1460. The quantitative estimate of drug-likeness (QED) is 0.254. The predicted octanol–water partition coefficient (Wildman–Crippen LogP) is 7.03. The molecule has 194 valence electrons. The van der Waals surface area contributed by atoms with E-state index in [1.807, 2.05) is 19.1 Å². The number of fused-ring (bicyclic) bond motifs is 1. The molecule has 1 saturated carbocycles. The Morgan fingerprint density at radius 3 is 2.46 bits per heavy atom. The predicted molar refractivity (Wildman–Crippen MR) is 127 cm³/mol.